The van der Waals surface area contributed by atoms with E-state index in [1.807, 2.05) is 0 Å². The number of hydrogen-bond acceptors (Lipinski definition) is 5. The van der Waals surface area contributed by atoms with Gasteiger partial charge in [0, 0.05) is 19.0 Å². The summed E-state index contributed by atoms with van der Waals surface area (Å²) in [5, 5.41) is 3.14. The molecular formula is C19H17N3O4. The van der Waals surface area contributed by atoms with E-state index in [9.17, 15) is 14.4 Å². The highest BCUT2D eigenvalue weighted by Gasteiger charge is 2.09. The maximum Gasteiger partial charge on any atom is 0.311 e. The van der Waals surface area contributed by atoms with Crippen LogP contribution in [0.4, 0.5) is 5.69 Å². The summed E-state index contributed by atoms with van der Waals surface area (Å²) in [5.41, 5.74) is 0.982. The van der Waals surface area contributed by atoms with Gasteiger partial charge in [0.25, 0.3) is 5.56 Å². The van der Waals surface area contributed by atoms with E-state index in [1.54, 1.807) is 48.5 Å². The zero-order chi connectivity index (χ0) is 18.5. The highest BCUT2D eigenvalue weighted by Crippen LogP contribution is 2.16. The zero-order valence-electron chi connectivity index (χ0n) is 14.1. The van der Waals surface area contributed by atoms with Gasteiger partial charge in [0.1, 0.15) is 11.6 Å². The molecule has 132 valence electrons. The molecule has 26 heavy (non-hydrogen) atoms. The molecular weight excluding hydrogens is 334 g/mol. The fraction of sp³-hybridized carbons (Fsp3) is 0.158. The number of ether oxygens (including phenoxy) is 1. The van der Waals surface area contributed by atoms with Gasteiger partial charge in [-0.15, -0.1) is 0 Å². The van der Waals surface area contributed by atoms with Crippen molar-refractivity contribution in [1.82, 2.24) is 9.97 Å². The molecule has 0 fully saturated rings. The van der Waals surface area contributed by atoms with Gasteiger partial charge >= 0.3 is 5.97 Å². The van der Waals surface area contributed by atoms with Crippen molar-refractivity contribution in [1.29, 1.82) is 0 Å². The van der Waals surface area contributed by atoms with E-state index in [2.05, 4.69) is 15.3 Å². The lowest BCUT2D eigenvalue weighted by atomic mass is 10.2. The summed E-state index contributed by atoms with van der Waals surface area (Å²) in [7, 11) is 0. The average Bonchev–Trinajstić information content (AvgIpc) is 2.61. The van der Waals surface area contributed by atoms with Crippen molar-refractivity contribution in [3.05, 3.63) is 64.7 Å². The van der Waals surface area contributed by atoms with Gasteiger partial charge in [0.15, 0.2) is 0 Å². The summed E-state index contributed by atoms with van der Waals surface area (Å²) in [6, 6.07) is 13.5. The van der Waals surface area contributed by atoms with Crippen LogP contribution in [-0.4, -0.2) is 21.8 Å². The number of carbonyl (C=O) groups is 2. The number of esters is 1. The van der Waals surface area contributed by atoms with Gasteiger partial charge in [-0.3, -0.25) is 14.4 Å². The second-order valence-corrected chi connectivity index (χ2v) is 5.71. The number of anilines is 1. The van der Waals surface area contributed by atoms with Crippen molar-refractivity contribution in [3.63, 3.8) is 0 Å². The smallest absolute Gasteiger partial charge is 0.311 e. The number of aryl methyl sites for hydroxylation is 1. The first-order valence-corrected chi connectivity index (χ1v) is 8.07. The largest absolute Gasteiger partial charge is 0.427 e. The lowest BCUT2D eigenvalue weighted by Crippen LogP contribution is -2.15. The number of fused-ring (bicyclic) bond motifs is 1. The zero-order valence-corrected chi connectivity index (χ0v) is 14.1. The van der Waals surface area contributed by atoms with Gasteiger partial charge in [-0.2, -0.15) is 0 Å². The predicted octanol–water partition coefficient (Wildman–Crippen LogP) is 2.42. The number of hydrogen-bond donors (Lipinski definition) is 2. The number of para-hydroxylation sites is 1. The molecule has 7 nitrogen and oxygen atoms in total. The average molecular weight is 351 g/mol. The molecule has 0 spiro atoms. The molecule has 7 heteroatoms. The minimum Gasteiger partial charge on any atom is -0.427 e. The third-order valence-electron chi connectivity index (χ3n) is 3.63. The standard InChI is InChI=1S/C19H17N3O4/c1-12(23)20-13-6-8-14(9-7-13)26-18(24)11-10-17-21-16-5-3-2-4-15(16)19(25)22-17/h2-9H,10-11H2,1H3,(H,20,23)(H,21,22,25). The number of nitrogens with one attached hydrogen (secondary N) is 2. The van der Waals surface area contributed by atoms with Gasteiger partial charge < -0.3 is 15.0 Å². The van der Waals surface area contributed by atoms with Crippen molar-refractivity contribution < 1.29 is 14.3 Å². The third-order valence-corrected chi connectivity index (χ3v) is 3.63. The minimum atomic E-state index is -0.437. The van der Waals surface area contributed by atoms with Crippen LogP contribution in [0, 0.1) is 0 Å². The second kappa shape index (κ2) is 7.60. The maximum atomic E-state index is 12.0. The molecule has 1 heterocycles. The Hall–Kier alpha value is -3.48. The molecule has 0 saturated carbocycles. The molecule has 0 radical (unpaired) electrons. The quantitative estimate of drug-likeness (QED) is 0.543. The van der Waals surface area contributed by atoms with Crippen LogP contribution >= 0.6 is 0 Å². The van der Waals surface area contributed by atoms with Crippen molar-refractivity contribution >= 4 is 28.5 Å². The van der Waals surface area contributed by atoms with Crippen LogP contribution in [0.15, 0.2) is 53.3 Å². The van der Waals surface area contributed by atoms with Gasteiger partial charge in [0.05, 0.1) is 17.3 Å². The first-order chi connectivity index (χ1) is 12.5. The highest BCUT2D eigenvalue weighted by molar-refractivity contribution is 5.88. The Morgan fingerprint density at radius 2 is 1.85 bits per heavy atom. The molecule has 2 aromatic carbocycles. The number of aromatic amines is 1. The maximum absolute atomic E-state index is 12.0. The minimum absolute atomic E-state index is 0.0781. The Morgan fingerprint density at radius 1 is 1.12 bits per heavy atom. The van der Waals surface area contributed by atoms with Crippen LogP contribution in [0.5, 0.6) is 5.75 Å². The molecule has 0 atom stereocenters. The Morgan fingerprint density at radius 3 is 2.58 bits per heavy atom. The molecule has 0 saturated heterocycles. The molecule has 2 N–H and O–H groups in total. The van der Waals surface area contributed by atoms with Crippen molar-refractivity contribution in [2.45, 2.75) is 19.8 Å². The van der Waals surface area contributed by atoms with E-state index in [0.29, 0.717) is 28.2 Å². The number of aromatic nitrogens is 2. The molecule has 0 aliphatic heterocycles. The van der Waals surface area contributed by atoms with Crippen molar-refractivity contribution in [3.8, 4) is 5.75 Å². The molecule has 0 aliphatic rings. The SMILES string of the molecule is CC(=O)Nc1ccc(OC(=O)CCc2nc3ccccc3c(=O)[nH]2)cc1. The van der Waals surface area contributed by atoms with Gasteiger partial charge in [0.2, 0.25) is 5.91 Å². The Kier molecular flexibility index (Phi) is 5.07. The van der Waals surface area contributed by atoms with E-state index >= 15 is 0 Å². The number of carbonyl (C=O) groups excluding carboxylic acids is 2. The summed E-state index contributed by atoms with van der Waals surface area (Å²) < 4.78 is 5.24. The fourth-order valence-electron chi connectivity index (χ4n) is 2.47. The molecule has 0 bridgehead atoms. The Bertz CT molecular complexity index is 1010. The Labute approximate surface area is 149 Å². The predicted molar refractivity (Wildman–Crippen MR) is 97.1 cm³/mol. The summed E-state index contributed by atoms with van der Waals surface area (Å²) in [6.45, 7) is 1.42. The second-order valence-electron chi connectivity index (χ2n) is 5.71. The van der Waals surface area contributed by atoms with Crippen LogP contribution in [0.25, 0.3) is 10.9 Å². The van der Waals surface area contributed by atoms with Crippen molar-refractivity contribution in [2.24, 2.45) is 0 Å². The molecule has 1 aromatic heterocycles. The molecule has 3 aromatic rings. The van der Waals surface area contributed by atoms with E-state index in [0.717, 1.165) is 0 Å². The molecule has 1 amide bonds. The Balaban J connectivity index is 1.60. The summed E-state index contributed by atoms with van der Waals surface area (Å²) in [5.74, 6) is 0.204. The number of amides is 1. The monoisotopic (exact) mass is 351 g/mol. The van der Waals surface area contributed by atoms with E-state index < -0.39 is 5.97 Å². The number of benzene rings is 2. The number of H-pyrrole nitrogens is 1. The van der Waals surface area contributed by atoms with E-state index in [-0.39, 0.29) is 24.3 Å². The van der Waals surface area contributed by atoms with E-state index in [1.165, 1.54) is 6.92 Å². The molecule has 3 rings (SSSR count). The van der Waals surface area contributed by atoms with Crippen LogP contribution < -0.4 is 15.6 Å². The van der Waals surface area contributed by atoms with Crippen LogP contribution in [-0.2, 0) is 16.0 Å². The van der Waals surface area contributed by atoms with E-state index in [4.69, 9.17) is 4.74 Å². The lowest BCUT2D eigenvalue weighted by Gasteiger charge is -2.06. The number of nitrogens with zero attached hydrogens (tertiary/aromatic N) is 1. The fourth-order valence-corrected chi connectivity index (χ4v) is 2.47. The van der Waals surface area contributed by atoms with Crippen LogP contribution in [0.2, 0.25) is 0 Å². The van der Waals surface area contributed by atoms with Gasteiger partial charge in [-0.1, -0.05) is 12.1 Å². The van der Waals surface area contributed by atoms with Crippen molar-refractivity contribution in [2.75, 3.05) is 5.32 Å². The third kappa shape index (κ3) is 4.32. The normalized spacial score (nSPS) is 10.5. The summed E-state index contributed by atoms with van der Waals surface area (Å²) >= 11 is 0. The first kappa shape index (κ1) is 17.3. The molecule has 0 aliphatic carbocycles. The first-order valence-electron chi connectivity index (χ1n) is 8.07. The summed E-state index contributed by atoms with van der Waals surface area (Å²) in [6.07, 6.45) is 0.345. The lowest BCUT2D eigenvalue weighted by molar-refractivity contribution is -0.134. The van der Waals surface area contributed by atoms with Gasteiger partial charge in [-0.25, -0.2) is 4.98 Å². The number of rotatable bonds is 5. The van der Waals surface area contributed by atoms with Crippen LogP contribution in [0.3, 0.4) is 0 Å². The molecule has 0 unspecified atom stereocenters. The topological polar surface area (TPSA) is 101 Å². The highest BCUT2D eigenvalue weighted by atomic mass is 16.5. The summed E-state index contributed by atoms with van der Waals surface area (Å²) in [4.78, 5) is 42.0. The van der Waals surface area contributed by atoms with Gasteiger partial charge in [-0.05, 0) is 36.4 Å². The van der Waals surface area contributed by atoms with Crippen LogP contribution in [0.1, 0.15) is 19.2 Å².